The number of hydrogen-bond acceptors (Lipinski definition) is 5. The molecule has 0 bridgehead atoms. The molecule has 6 nitrogen and oxygen atoms in total. The molecule has 20 heavy (non-hydrogen) atoms. The number of benzene rings is 1. The molecule has 0 atom stereocenters. The number of nitro benzene ring substituents is 1. The average Bonchev–Trinajstić information content (AvgIpc) is 2.55. The van der Waals surface area contributed by atoms with Crippen LogP contribution < -0.4 is 0 Å². The fourth-order valence-corrected chi connectivity index (χ4v) is 1.59. The Labute approximate surface area is 110 Å². The summed E-state index contributed by atoms with van der Waals surface area (Å²) in [5, 5.41) is 10.6. The van der Waals surface area contributed by atoms with Gasteiger partial charge in [0.05, 0.1) is 29.8 Å². The zero-order valence-electron chi connectivity index (χ0n) is 10.1. The van der Waals surface area contributed by atoms with Crippen molar-refractivity contribution in [2.24, 2.45) is 9.98 Å². The summed E-state index contributed by atoms with van der Waals surface area (Å²) in [6.07, 6.45) is -5.28. The van der Waals surface area contributed by atoms with Gasteiger partial charge < -0.3 is 4.74 Å². The highest BCUT2D eigenvalue weighted by Crippen LogP contribution is 2.36. The number of rotatable bonds is 1. The van der Waals surface area contributed by atoms with Gasteiger partial charge in [0.25, 0.3) is 5.69 Å². The van der Waals surface area contributed by atoms with Crippen LogP contribution in [0.5, 0.6) is 0 Å². The predicted molar refractivity (Wildman–Crippen MR) is 65.0 cm³/mol. The number of halogens is 3. The number of aliphatic imine (C=N–C) groups is 2. The molecule has 1 heterocycles. The molecule has 1 aliphatic rings. The van der Waals surface area contributed by atoms with E-state index < -0.39 is 23.2 Å². The molecule has 0 fully saturated rings. The zero-order chi connectivity index (χ0) is 14.9. The van der Waals surface area contributed by atoms with Crippen molar-refractivity contribution >= 4 is 28.7 Å². The minimum Gasteiger partial charge on any atom is -0.484 e. The third-order valence-electron chi connectivity index (χ3n) is 2.55. The Hall–Kier alpha value is -2.45. The number of ether oxygens (including phenoxy) is 1. The van der Waals surface area contributed by atoms with Gasteiger partial charge >= 0.3 is 6.18 Å². The molecule has 1 aliphatic heterocycles. The van der Waals surface area contributed by atoms with E-state index in [1.165, 1.54) is 13.2 Å². The molecule has 0 saturated carbocycles. The lowest BCUT2D eigenvalue weighted by molar-refractivity contribution is -0.384. The molecule has 106 valence electrons. The van der Waals surface area contributed by atoms with Gasteiger partial charge in [-0.2, -0.15) is 13.2 Å². The molecule has 0 amide bonds. The SMILES string of the molecule is COC1=Nc2ccc([N+](=O)[O-])cc2N=C(C(F)(F)F)C1. The fourth-order valence-electron chi connectivity index (χ4n) is 1.59. The van der Waals surface area contributed by atoms with E-state index in [1.54, 1.807) is 0 Å². The topological polar surface area (TPSA) is 77.1 Å². The summed E-state index contributed by atoms with van der Waals surface area (Å²) < 4.78 is 43.2. The summed E-state index contributed by atoms with van der Waals surface area (Å²) in [7, 11) is 1.20. The third kappa shape index (κ3) is 2.76. The van der Waals surface area contributed by atoms with Crippen molar-refractivity contribution in [3.05, 3.63) is 28.3 Å². The second kappa shape index (κ2) is 4.91. The maximum atomic E-state index is 12.8. The Morgan fingerprint density at radius 2 is 2.00 bits per heavy atom. The van der Waals surface area contributed by atoms with E-state index in [2.05, 4.69) is 9.98 Å². The number of alkyl halides is 3. The van der Waals surface area contributed by atoms with Crippen LogP contribution >= 0.6 is 0 Å². The van der Waals surface area contributed by atoms with E-state index in [0.29, 0.717) is 0 Å². The molecule has 0 saturated heterocycles. The maximum Gasteiger partial charge on any atom is 0.430 e. The fraction of sp³-hybridized carbons (Fsp3) is 0.273. The quantitative estimate of drug-likeness (QED) is 0.587. The molecule has 1 aromatic carbocycles. The normalized spacial score (nSPS) is 14.8. The van der Waals surface area contributed by atoms with E-state index >= 15 is 0 Å². The van der Waals surface area contributed by atoms with E-state index in [0.717, 1.165) is 12.1 Å². The number of nitro groups is 1. The molecule has 0 aromatic heterocycles. The summed E-state index contributed by atoms with van der Waals surface area (Å²) in [6.45, 7) is 0. The monoisotopic (exact) mass is 287 g/mol. The van der Waals surface area contributed by atoms with Gasteiger partial charge in [0.15, 0.2) is 5.90 Å². The summed E-state index contributed by atoms with van der Waals surface area (Å²) in [5.41, 5.74) is -1.59. The second-order valence-corrected chi connectivity index (χ2v) is 3.87. The lowest BCUT2D eigenvalue weighted by Gasteiger charge is -2.09. The first-order valence-corrected chi connectivity index (χ1v) is 5.36. The second-order valence-electron chi connectivity index (χ2n) is 3.87. The van der Waals surface area contributed by atoms with E-state index in [-0.39, 0.29) is 23.0 Å². The van der Waals surface area contributed by atoms with Crippen LogP contribution in [0.15, 0.2) is 28.2 Å². The summed E-state index contributed by atoms with van der Waals surface area (Å²) in [4.78, 5) is 17.3. The van der Waals surface area contributed by atoms with Gasteiger partial charge in [0, 0.05) is 12.1 Å². The van der Waals surface area contributed by atoms with Crippen LogP contribution in [-0.2, 0) is 4.74 Å². The molecule has 0 N–H and O–H groups in total. The van der Waals surface area contributed by atoms with Crippen LogP contribution in [0.1, 0.15) is 6.42 Å². The molecular weight excluding hydrogens is 279 g/mol. The van der Waals surface area contributed by atoms with Gasteiger partial charge in [-0.15, -0.1) is 0 Å². The number of methoxy groups -OCH3 is 1. The van der Waals surface area contributed by atoms with Gasteiger partial charge in [-0.25, -0.2) is 9.98 Å². The van der Waals surface area contributed by atoms with Crippen molar-refractivity contribution < 1.29 is 22.8 Å². The number of fused-ring (bicyclic) bond motifs is 1. The van der Waals surface area contributed by atoms with Crippen LogP contribution in [-0.4, -0.2) is 29.8 Å². The highest BCUT2D eigenvalue weighted by Gasteiger charge is 2.38. The third-order valence-corrected chi connectivity index (χ3v) is 2.55. The van der Waals surface area contributed by atoms with Crippen molar-refractivity contribution in [1.29, 1.82) is 0 Å². The first-order valence-electron chi connectivity index (χ1n) is 5.36. The standard InChI is InChI=1S/C11H8F3N3O3/c1-20-10-5-9(11(12,13)14)15-8-4-6(17(18)19)2-3-7(8)16-10/h2-4H,5H2,1H3. The Bertz CT molecular complexity index is 623. The van der Waals surface area contributed by atoms with Crippen LogP contribution in [0.4, 0.5) is 30.2 Å². The molecule has 0 radical (unpaired) electrons. The van der Waals surface area contributed by atoms with Crippen LogP contribution in [0.2, 0.25) is 0 Å². The van der Waals surface area contributed by atoms with Gasteiger partial charge in [-0.05, 0) is 6.07 Å². The van der Waals surface area contributed by atoms with Crippen molar-refractivity contribution in [2.45, 2.75) is 12.6 Å². The van der Waals surface area contributed by atoms with Gasteiger partial charge in [0.1, 0.15) is 5.71 Å². The van der Waals surface area contributed by atoms with Crippen LogP contribution in [0.3, 0.4) is 0 Å². The smallest absolute Gasteiger partial charge is 0.430 e. The molecule has 0 spiro atoms. The Morgan fingerprint density at radius 1 is 1.30 bits per heavy atom. The Morgan fingerprint density at radius 3 is 2.55 bits per heavy atom. The Balaban J connectivity index is 2.61. The van der Waals surface area contributed by atoms with Crippen molar-refractivity contribution in [3.63, 3.8) is 0 Å². The number of non-ortho nitro benzene ring substituents is 1. The number of nitrogens with zero attached hydrogens (tertiary/aromatic N) is 3. The summed E-state index contributed by atoms with van der Waals surface area (Å²) in [6, 6.07) is 3.32. The number of hydrogen-bond donors (Lipinski definition) is 0. The first-order chi connectivity index (χ1) is 9.31. The van der Waals surface area contributed by atoms with Gasteiger partial charge in [0.2, 0.25) is 0 Å². The summed E-state index contributed by atoms with van der Waals surface area (Å²) >= 11 is 0. The van der Waals surface area contributed by atoms with Crippen LogP contribution in [0, 0.1) is 10.1 Å². The van der Waals surface area contributed by atoms with Crippen molar-refractivity contribution in [1.82, 2.24) is 0 Å². The first kappa shape index (κ1) is 14.0. The highest BCUT2D eigenvalue weighted by atomic mass is 19.4. The molecule has 2 rings (SSSR count). The van der Waals surface area contributed by atoms with Gasteiger partial charge in [-0.1, -0.05) is 0 Å². The molecule has 1 aromatic rings. The maximum absolute atomic E-state index is 12.8. The highest BCUT2D eigenvalue weighted by molar-refractivity contribution is 6.07. The molecular formula is C11H8F3N3O3. The minimum atomic E-state index is -4.66. The van der Waals surface area contributed by atoms with Crippen molar-refractivity contribution in [3.8, 4) is 0 Å². The lowest BCUT2D eigenvalue weighted by Crippen LogP contribution is -2.25. The largest absolute Gasteiger partial charge is 0.484 e. The molecule has 0 unspecified atom stereocenters. The van der Waals surface area contributed by atoms with E-state index in [4.69, 9.17) is 4.74 Å². The van der Waals surface area contributed by atoms with E-state index in [1.807, 2.05) is 0 Å². The molecule has 9 heteroatoms. The van der Waals surface area contributed by atoms with Crippen LogP contribution in [0.25, 0.3) is 0 Å². The molecule has 0 aliphatic carbocycles. The minimum absolute atomic E-state index is 0.0895. The average molecular weight is 287 g/mol. The predicted octanol–water partition coefficient (Wildman–Crippen LogP) is 3.31. The van der Waals surface area contributed by atoms with E-state index in [9.17, 15) is 23.3 Å². The van der Waals surface area contributed by atoms with Crippen molar-refractivity contribution in [2.75, 3.05) is 7.11 Å². The zero-order valence-corrected chi connectivity index (χ0v) is 10.1. The lowest BCUT2D eigenvalue weighted by atomic mass is 10.2. The van der Waals surface area contributed by atoms with Gasteiger partial charge in [-0.3, -0.25) is 10.1 Å². The summed E-state index contributed by atoms with van der Waals surface area (Å²) in [5.74, 6) is -0.159. The Kier molecular flexibility index (Phi) is 3.43.